The normalized spacial score (nSPS) is 10.6. The minimum absolute atomic E-state index is 0.234. The average Bonchev–Trinajstić information content (AvgIpc) is 2.29. The molecule has 0 amide bonds. The first-order chi connectivity index (χ1) is 7.92. The number of benzene rings is 1. The number of pyridine rings is 1. The van der Waals surface area contributed by atoms with Crippen molar-refractivity contribution in [3.8, 4) is 0 Å². The van der Waals surface area contributed by atoms with Gasteiger partial charge in [0.1, 0.15) is 0 Å². The number of aromatic nitrogens is 1. The summed E-state index contributed by atoms with van der Waals surface area (Å²) in [5.74, 6) is 0. The van der Waals surface area contributed by atoms with Crippen LogP contribution in [0.2, 0.25) is 0 Å². The van der Waals surface area contributed by atoms with Crippen molar-refractivity contribution in [1.82, 2.24) is 4.98 Å². The molecule has 0 aliphatic rings. The maximum atomic E-state index is 9.43. The van der Waals surface area contributed by atoms with Crippen LogP contribution in [0.15, 0.2) is 36.4 Å². The van der Waals surface area contributed by atoms with Crippen LogP contribution in [-0.2, 0) is 4.79 Å². The zero-order chi connectivity index (χ0) is 12.9. The Bertz CT molecular complexity index is 508. The highest BCUT2D eigenvalue weighted by Crippen LogP contribution is 2.21. The fraction of sp³-hybridized carbons (Fsp3) is 0.167. The van der Waals surface area contributed by atoms with Crippen LogP contribution < -0.4 is 0 Å². The Morgan fingerprint density at radius 1 is 1.12 bits per heavy atom. The predicted molar refractivity (Wildman–Crippen MR) is 72.8 cm³/mol. The van der Waals surface area contributed by atoms with Gasteiger partial charge in [0.15, 0.2) is 6.29 Å². The summed E-state index contributed by atoms with van der Waals surface area (Å²) in [4.78, 5) is 13.8. The number of para-hydroxylation sites is 1. The van der Waals surface area contributed by atoms with Crippen molar-refractivity contribution in [1.29, 1.82) is 0 Å². The molecule has 0 unspecified atom stereocenters. The Kier molecular flexibility index (Phi) is 5.19. The zero-order valence-corrected chi connectivity index (χ0v) is 11.3. The van der Waals surface area contributed by atoms with Gasteiger partial charge in [0.2, 0.25) is 3.79 Å². The number of fused-ring (bicyclic) bond motifs is 1. The molecular formula is C12H10Cl3NO. The van der Waals surface area contributed by atoms with Gasteiger partial charge in [-0.1, -0.05) is 59.1 Å². The fourth-order valence-corrected chi connectivity index (χ4v) is 1.17. The smallest absolute Gasteiger partial charge is 0.245 e. The molecule has 0 saturated carbocycles. The van der Waals surface area contributed by atoms with Gasteiger partial charge in [-0.15, -0.1) is 0 Å². The lowest BCUT2D eigenvalue weighted by Gasteiger charge is -1.95. The molecule has 2 rings (SSSR count). The molecule has 90 valence electrons. The van der Waals surface area contributed by atoms with Crippen molar-refractivity contribution in [3.05, 3.63) is 42.1 Å². The van der Waals surface area contributed by atoms with Gasteiger partial charge in [-0.2, -0.15) is 0 Å². The van der Waals surface area contributed by atoms with Crippen LogP contribution in [0.5, 0.6) is 0 Å². The van der Waals surface area contributed by atoms with Gasteiger partial charge in [0.25, 0.3) is 0 Å². The Labute approximate surface area is 115 Å². The largest absolute Gasteiger partial charge is 0.299 e. The molecule has 1 heterocycles. The summed E-state index contributed by atoms with van der Waals surface area (Å²) in [6.45, 7) is 2.01. The number of hydrogen-bond donors (Lipinski definition) is 0. The molecule has 17 heavy (non-hydrogen) atoms. The van der Waals surface area contributed by atoms with E-state index < -0.39 is 3.79 Å². The van der Waals surface area contributed by atoms with Gasteiger partial charge < -0.3 is 0 Å². The molecule has 5 heteroatoms. The van der Waals surface area contributed by atoms with Gasteiger partial charge in [-0.25, -0.2) is 0 Å². The van der Waals surface area contributed by atoms with E-state index in [-0.39, 0.29) is 6.29 Å². The summed E-state index contributed by atoms with van der Waals surface area (Å²) in [6.07, 6.45) is 0.234. The molecule has 2 nitrogen and oxygen atoms in total. The van der Waals surface area contributed by atoms with E-state index in [9.17, 15) is 4.79 Å². The summed E-state index contributed by atoms with van der Waals surface area (Å²) >= 11 is 14.6. The van der Waals surface area contributed by atoms with Crippen molar-refractivity contribution >= 4 is 52.0 Å². The van der Waals surface area contributed by atoms with Crippen molar-refractivity contribution in [2.75, 3.05) is 0 Å². The molecule has 0 spiro atoms. The summed E-state index contributed by atoms with van der Waals surface area (Å²) in [7, 11) is 0. The number of aldehydes is 1. The van der Waals surface area contributed by atoms with E-state index in [0.717, 1.165) is 11.2 Å². The van der Waals surface area contributed by atoms with Gasteiger partial charge in [-0.05, 0) is 19.1 Å². The second-order valence-electron chi connectivity index (χ2n) is 3.30. The molecule has 0 radical (unpaired) electrons. The Morgan fingerprint density at radius 3 is 2.29 bits per heavy atom. The number of alkyl halides is 3. The van der Waals surface area contributed by atoms with E-state index in [4.69, 9.17) is 34.8 Å². The van der Waals surface area contributed by atoms with Crippen LogP contribution in [0.4, 0.5) is 0 Å². The standard InChI is InChI=1S/C10H9N.C2HCl3O/c1-8-6-7-9-4-2-3-5-10(9)11-8;3-2(4,5)1-6/h2-7H,1H3;1H. The van der Waals surface area contributed by atoms with E-state index >= 15 is 0 Å². The second kappa shape index (κ2) is 6.20. The average molecular weight is 291 g/mol. The van der Waals surface area contributed by atoms with Crippen LogP contribution in [0.1, 0.15) is 5.69 Å². The number of hydrogen-bond acceptors (Lipinski definition) is 2. The number of carbonyl (C=O) groups excluding carboxylic acids is 1. The highest BCUT2D eigenvalue weighted by Gasteiger charge is 2.16. The topological polar surface area (TPSA) is 30.0 Å². The molecule has 0 saturated heterocycles. The third-order valence-electron chi connectivity index (χ3n) is 1.87. The SMILES string of the molecule is Cc1ccc2ccccc2n1.O=CC(Cl)(Cl)Cl. The first kappa shape index (κ1) is 14.2. The Morgan fingerprint density at radius 2 is 1.71 bits per heavy atom. The molecule has 0 bridgehead atoms. The summed E-state index contributed by atoms with van der Waals surface area (Å²) in [5.41, 5.74) is 2.15. The first-order valence-electron chi connectivity index (χ1n) is 4.78. The summed E-state index contributed by atoms with van der Waals surface area (Å²) < 4.78 is -1.72. The quantitative estimate of drug-likeness (QED) is 0.540. The van der Waals surface area contributed by atoms with Gasteiger partial charge in [0.05, 0.1) is 5.52 Å². The molecule has 0 aliphatic heterocycles. The summed E-state index contributed by atoms with van der Waals surface area (Å²) in [5, 5.41) is 1.21. The molecule has 0 aliphatic carbocycles. The predicted octanol–water partition coefficient (Wildman–Crippen LogP) is 4.10. The fourth-order valence-electron chi connectivity index (χ4n) is 1.17. The monoisotopic (exact) mass is 289 g/mol. The number of aryl methyl sites for hydroxylation is 1. The van der Waals surface area contributed by atoms with Crippen molar-refractivity contribution < 1.29 is 4.79 Å². The molecule has 1 aromatic heterocycles. The van der Waals surface area contributed by atoms with Crippen molar-refractivity contribution in [2.45, 2.75) is 10.7 Å². The molecule has 0 fully saturated rings. The highest BCUT2D eigenvalue weighted by atomic mass is 35.6. The number of halogens is 3. The van der Waals surface area contributed by atoms with E-state index in [1.807, 2.05) is 31.2 Å². The Hall–Kier alpha value is -0.830. The lowest BCUT2D eigenvalue weighted by atomic mass is 10.2. The van der Waals surface area contributed by atoms with Gasteiger partial charge >= 0.3 is 0 Å². The van der Waals surface area contributed by atoms with E-state index in [2.05, 4.69) is 17.1 Å². The van der Waals surface area contributed by atoms with Crippen LogP contribution in [0, 0.1) is 6.92 Å². The molecule has 0 N–H and O–H groups in total. The third-order valence-corrected chi connectivity index (χ3v) is 2.14. The minimum atomic E-state index is -1.72. The maximum Gasteiger partial charge on any atom is 0.245 e. The lowest BCUT2D eigenvalue weighted by Crippen LogP contribution is -2.00. The summed E-state index contributed by atoms with van der Waals surface area (Å²) in [6, 6.07) is 12.3. The Balaban J connectivity index is 0.000000209. The lowest BCUT2D eigenvalue weighted by molar-refractivity contribution is -0.107. The number of rotatable bonds is 0. The second-order valence-corrected chi connectivity index (χ2v) is 5.67. The number of nitrogens with zero attached hydrogens (tertiary/aromatic N) is 1. The third kappa shape index (κ3) is 5.35. The number of carbonyl (C=O) groups is 1. The van der Waals surface area contributed by atoms with Gasteiger partial charge in [0, 0.05) is 11.1 Å². The first-order valence-corrected chi connectivity index (χ1v) is 5.91. The van der Waals surface area contributed by atoms with E-state index in [1.165, 1.54) is 5.39 Å². The molecular weight excluding hydrogens is 280 g/mol. The molecule has 2 aromatic rings. The van der Waals surface area contributed by atoms with Gasteiger partial charge in [-0.3, -0.25) is 9.78 Å². The maximum absolute atomic E-state index is 9.43. The molecule has 1 aromatic carbocycles. The van der Waals surface area contributed by atoms with Crippen LogP contribution >= 0.6 is 34.8 Å². The van der Waals surface area contributed by atoms with Crippen LogP contribution in [-0.4, -0.2) is 15.1 Å². The zero-order valence-electron chi connectivity index (χ0n) is 9.03. The van der Waals surface area contributed by atoms with Crippen LogP contribution in [0.25, 0.3) is 10.9 Å². The van der Waals surface area contributed by atoms with Crippen LogP contribution in [0.3, 0.4) is 0 Å². The van der Waals surface area contributed by atoms with E-state index in [1.54, 1.807) is 0 Å². The van der Waals surface area contributed by atoms with Crippen molar-refractivity contribution in [3.63, 3.8) is 0 Å². The van der Waals surface area contributed by atoms with E-state index in [0.29, 0.717) is 0 Å². The minimum Gasteiger partial charge on any atom is -0.299 e. The molecule has 0 atom stereocenters. The van der Waals surface area contributed by atoms with Crippen molar-refractivity contribution in [2.24, 2.45) is 0 Å². The highest BCUT2D eigenvalue weighted by molar-refractivity contribution is 6.74.